The Morgan fingerprint density at radius 1 is 1.55 bits per heavy atom. The van der Waals surface area contributed by atoms with E-state index in [1.165, 1.54) is 12.1 Å². The third kappa shape index (κ3) is 1.78. The van der Waals surface area contributed by atoms with Crippen LogP contribution >= 0.6 is 15.9 Å². The summed E-state index contributed by atoms with van der Waals surface area (Å²) in [5.74, 6) is -0.447. The summed E-state index contributed by atoms with van der Waals surface area (Å²) in [4.78, 5) is 3.01. The van der Waals surface area contributed by atoms with Gasteiger partial charge < -0.3 is 0 Å². The molecule has 0 fully saturated rings. The second-order valence-electron chi connectivity index (χ2n) is 2.03. The number of benzene rings is 1. The largest absolute Gasteiger partial charge is 0.235 e. The molecule has 0 N–H and O–H groups in total. The number of halogens is 2. The second-order valence-corrected chi connectivity index (χ2v) is 2.59. The van der Waals surface area contributed by atoms with E-state index in [-0.39, 0.29) is 5.69 Å². The molecule has 1 aromatic carbocycles. The maximum Gasteiger partial charge on any atom is 0.222 e. The van der Waals surface area contributed by atoms with E-state index in [4.69, 9.17) is 6.57 Å². The summed E-state index contributed by atoms with van der Waals surface area (Å²) in [7, 11) is 0. The highest BCUT2D eigenvalue weighted by molar-refractivity contribution is 9.08. The molecule has 1 nitrogen and oxygen atoms in total. The molecule has 0 atom stereocenters. The Balaban J connectivity index is 3.12. The molecule has 0 aliphatic rings. The van der Waals surface area contributed by atoms with Gasteiger partial charge in [-0.3, -0.25) is 0 Å². The van der Waals surface area contributed by atoms with Crippen LogP contribution in [0.25, 0.3) is 4.85 Å². The molecule has 0 aromatic heterocycles. The topological polar surface area (TPSA) is 4.36 Å². The zero-order chi connectivity index (χ0) is 8.27. The maximum atomic E-state index is 12.8. The highest BCUT2D eigenvalue weighted by Crippen LogP contribution is 2.19. The normalized spacial score (nSPS) is 9.18. The fourth-order valence-corrected chi connectivity index (χ4v) is 1.07. The third-order valence-electron chi connectivity index (χ3n) is 1.29. The van der Waals surface area contributed by atoms with Crippen LogP contribution in [0.3, 0.4) is 0 Å². The zero-order valence-electron chi connectivity index (χ0n) is 5.64. The molecular formula is C8H5BrFN. The van der Waals surface area contributed by atoms with Gasteiger partial charge in [-0.25, -0.2) is 9.24 Å². The SMILES string of the molecule is [C-]#[N+]c1ccc(CBr)cc1F. The van der Waals surface area contributed by atoms with E-state index in [0.717, 1.165) is 5.56 Å². The molecule has 0 spiro atoms. The minimum Gasteiger partial charge on any atom is -0.235 e. The second kappa shape index (κ2) is 3.49. The zero-order valence-corrected chi connectivity index (χ0v) is 7.23. The van der Waals surface area contributed by atoms with Gasteiger partial charge in [0.2, 0.25) is 5.69 Å². The summed E-state index contributed by atoms with van der Waals surface area (Å²) >= 11 is 3.19. The number of alkyl halides is 1. The number of nitrogens with zero attached hydrogens (tertiary/aromatic N) is 1. The average Bonchev–Trinajstić information content (AvgIpc) is 2.04. The van der Waals surface area contributed by atoms with Gasteiger partial charge in [0.1, 0.15) is 5.82 Å². The monoisotopic (exact) mass is 213 g/mol. The highest BCUT2D eigenvalue weighted by Gasteiger charge is 2.00. The van der Waals surface area contributed by atoms with Crippen LogP contribution in [-0.2, 0) is 5.33 Å². The Bertz CT molecular complexity index is 303. The average molecular weight is 214 g/mol. The molecule has 1 aromatic rings. The van der Waals surface area contributed by atoms with Gasteiger partial charge in [-0.2, -0.15) is 0 Å². The quantitative estimate of drug-likeness (QED) is 0.499. The number of hydrogen-bond donors (Lipinski definition) is 0. The molecule has 0 heterocycles. The van der Waals surface area contributed by atoms with Crippen molar-refractivity contribution in [3.8, 4) is 0 Å². The van der Waals surface area contributed by atoms with Crippen LogP contribution in [0.4, 0.5) is 10.1 Å². The molecule has 11 heavy (non-hydrogen) atoms. The van der Waals surface area contributed by atoms with E-state index >= 15 is 0 Å². The molecule has 0 aliphatic carbocycles. The third-order valence-corrected chi connectivity index (χ3v) is 1.93. The van der Waals surface area contributed by atoms with Crippen molar-refractivity contribution in [2.45, 2.75) is 5.33 Å². The Kier molecular flexibility index (Phi) is 2.61. The van der Waals surface area contributed by atoms with Crippen LogP contribution in [0, 0.1) is 12.4 Å². The van der Waals surface area contributed by atoms with E-state index < -0.39 is 5.82 Å². The lowest BCUT2D eigenvalue weighted by atomic mass is 10.2. The first-order valence-electron chi connectivity index (χ1n) is 3.00. The van der Waals surface area contributed by atoms with Crippen LogP contribution in [0.15, 0.2) is 18.2 Å². The molecule has 0 bridgehead atoms. The van der Waals surface area contributed by atoms with Gasteiger partial charge in [0.15, 0.2) is 0 Å². The summed E-state index contributed by atoms with van der Waals surface area (Å²) in [6, 6.07) is 4.58. The first-order chi connectivity index (χ1) is 5.27. The predicted molar refractivity (Wildman–Crippen MR) is 45.3 cm³/mol. The van der Waals surface area contributed by atoms with Gasteiger partial charge in [-0.05, 0) is 11.6 Å². The summed E-state index contributed by atoms with van der Waals surface area (Å²) in [6.45, 7) is 6.59. The summed E-state index contributed by atoms with van der Waals surface area (Å²) in [6.07, 6.45) is 0. The molecule has 0 saturated carbocycles. The molecular weight excluding hydrogens is 209 g/mol. The van der Waals surface area contributed by atoms with E-state index in [2.05, 4.69) is 20.8 Å². The van der Waals surface area contributed by atoms with E-state index in [0.29, 0.717) is 5.33 Å². The predicted octanol–water partition coefficient (Wildman–Crippen LogP) is 3.27. The fraction of sp³-hybridized carbons (Fsp3) is 0.125. The van der Waals surface area contributed by atoms with Crippen LogP contribution in [0.2, 0.25) is 0 Å². The van der Waals surface area contributed by atoms with E-state index in [1.54, 1.807) is 6.07 Å². The Morgan fingerprint density at radius 3 is 2.73 bits per heavy atom. The standard InChI is InChI=1S/C8H5BrFN/c1-11-8-3-2-6(5-9)4-7(8)10/h2-4H,5H2. The Labute approximate surface area is 72.8 Å². The summed E-state index contributed by atoms with van der Waals surface area (Å²) < 4.78 is 12.8. The van der Waals surface area contributed by atoms with Gasteiger partial charge in [-0.1, -0.05) is 28.1 Å². The van der Waals surface area contributed by atoms with E-state index in [9.17, 15) is 4.39 Å². The molecule has 1 rings (SSSR count). The van der Waals surface area contributed by atoms with Crippen molar-refractivity contribution in [3.63, 3.8) is 0 Å². The van der Waals surface area contributed by atoms with Crippen molar-refractivity contribution in [2.24, 2.45) is 0 Å². The van der Waals surface area contributed by atoms with Crippen molar-refractivity contribution in [1.82, 2.24) is 0 Å². The van der Waals surface area contributed by atoms with Crippen molar-refractivity contribution < 1.29 is 4.39 Å². The van der Waals surface area contributed by atoms with Crippen LogP contribution < -0.4 is 0 Å². The summed E-state index contributed by atoms with van der Waals surface area (Å²) in [5.41, 5.74) is 0.921. The molecule has 0 saturated heterocycles. The summed E-state index contributed by atoms with van der Waals surface area (Å²) in [5, 5.41) is 0.613. The van der Waals surface area contributed by atoms with Crippen LogP contribution in [0.1, 0.15) is 5.56 Å². The van der Waals surface area contributed by atoms with Gasteiger partial charge >= 0.3 is 0 Å². The first kappa shape index (κ1) is 8.22. The van der Waals surface area contributed by atoms with Gasteiger partial charge in [0, 0.05) is 5.33 Å². The smallest absolute Gasteiger partial charge is 0.222 e. The lowest BCUT2D eigenvalue weighted by Gasteiger charge is -1.96. The molecule has 0 unspecified atom stereocenters. The lowest BCUT2D eigenvalue weighted by molar-refractivity contribution is 0.632. The Hall–Kier alpha value is -0.880. The highest BCUT2D eigenvalue weighted by atomic mass is 79.9. The van der Waals surface area contributed by atoms with Gasteiger partial charge in [-0.15, -0.1) is 0 Å². The van der Waals surface area contributed by atoms with Gasteiger partial charge in [0.25, 0.3) is 0 Å². The Morgan fingerprint density at radius 2 is 2.27 bits per heavy atom. The maximum absolute atomic E-state index is 12.8. The number of hydrogen-bond acceptors (Lipinski definition) is 0. The van der Waals surface area contributed by atoms with E-state index in [1.807, 2.05) is 0 Å². The molecule has 3 heteroatoms. The minimum atomic E-state index is -0.447. The molecule has 0 radical (unpaired) electrons. The number of rotatable bonds is 1. The van der Waals surface area contributed by atoms with Crippen LogP contribution in [-0.4, -0.2) is 0 Å². The fourth-order valence-electron chi connectivity index (χ4n) is 0.724. The molecule has 0 aliphatic heterocycles. The van der Waals surface area contributed by atoms with Crippen molar-refractivity contribution in [2.75, 3.05) is 0 Å². The van der Waals surface area contributed by atoms with Crippen molar-refractivity contribution in [1.29, 1.82) is 0 Å². The molecule has 0 amide bonds. The van der Waals surface area contributed by atoms with Crippen molar-refractivity contribution >= 4 is 21.6 Å². The minimum absolute atomic E-state index is 0.0784. The van der Waals surface area contributed by atoms with Gasteiger partial charge in [0.05, 0.1) is 6.57 Å². The lowest BCUT2D eigenvalue weighted by Crippen LogP contribution is -1.79. The first-order valence-corrected chi connectivity index (χ1v) is 4.12. The molecule has 56 valence electrons. The van der Waals surface area contributed by atoms with Crippen LogP contribution in [0.5, 0.6) is 0 Å². The van der Waals surface area contributed by atoms with Crippen molar-refractivity contribution in [3.05, 3.63) is 41.0 Å².